The lowest BCUT2D eigenvalue weighted by Gasteiger charge is -2.07. The van der Waals surface area contributed by atoms with Crippen LogP contribution in [0.4, 0.5) is 10.1 Å². The number of amidine groups is 1. The standard InChI is InChI=1S/C10H10FN5S/c1-6-13-5-14-16(6)9-3-2-7(4-8(9)11)15-10(12)17/h2-5H,1H3,(H3,12,15,17)/p-1. The van der Waals surface area contributed by atoms with Gasteiger partial charge in [0.05, 0.1) is 5.69 Å². The monoisotopic (exact) mass is 250 g/mol. The Morgan fingerprint density at radius 3 is 2.82 bits per heavy atom. The van der Waals surface area contributed by atoms with Crippen LogP contribution in [0.3, 0.4) is 0 Å². The van der Waals surface area contributed by atoms with E-state index in [0.29, 0.717) is 17.2 Å². The molecule has 2 aromatic rings. The first kappa shape index (κ1) is 11.5. The molecule has 1 aromatic heterocycles. The maximum atomic E-state index is 13.8. The van der Waals surface area contributed by atoms with Crippen LogP contribution in [0.25, 0.3) is 5.69 Å². The van der Waals surface area contributed by atoms with Gasteiger partial charge >= 0.3 is 0 Å². The molecule has 88 valence electrons. The Morgan fingerprint density at radius 2 is 2.29 bits per heavy atom. The van der Waals surface area contributed by atoms with Crippen molar-refractivity contribution in [3.05, 3.63) is 36.2 Å². The van der Waals surface area contributed by atoms with Crippen LogP contribution in [0, 0.1) is 12.7 Å². The molecule has 0 radical (unpaired) electrons. The highest BCUT2D eigenvalue weighted by Gasteiger charge is 2.08. The second-order valence-corrected chi connectivity index (χ2v) is 3.72. The third-order valence-corrected chi connectivity index (χ3v) is 2.21. The number of halogens is 1. The molecule has 0 amide bonds. The number of hydrogen-bond acceptors (Lipinski definition) is 4. The van der Waals surface area contributed by atoms with Crippen molar-refractivity contribution in [2.24, 2.45) is 10.7 Å². The van der Waals surface area contributed by atoms with Gasteiger partial charge in [-0.15, -0.1) is 0 Å². The van der Waals surface area contributed by atoms with E-state index in [4.69, 9.17) is 5.73 Å². The number of rotatable bonds is 2. The highest BCUT2D eigenvalue weighted by Crippen LogP contribution is 2.20. The lowest BCUT2D eigenvalue weighted by atomic mass is 10.2. The summed E-state index contributed by atoms with van der Waals surface area (Å²) in [6.07, 6.45) is 1.36. The Labute approximate surface area is 103 Å². The van der Waals surface area contributed by atoms with Crippen molar-refractivity contribution < 1.29 is 4.39 Å². The van der Waals surface area contributed by atoms with Gasteiger partial charge in [0.25, 0.3) is 0 Å². The van der Waals surface area contributed by atoms with Gasteiger partial charge in [0.1, 0.15) is 17.8 Å². The fraction of sp³-hybridized carbons (Fsp3) is 0.100. The molecular weight excluding hydrogens is 241 g/mol. The Kier molecular flexibility index (Phi) is 3.01. The first-order valence-electron chi connectivity index (χ1n) is 4.75. The van der Waals surface area contributed by atoms with Crippen LogP contribution < -0.4 is 5.73 Å². The zero-order valence-corrected chi connectivity index (χ0v) is 9.78. The molecule has 2 rings (SSSR count). The fourth-order valence-corrected chi connectivity index (χ4v) is 1.51. The van der Waals surface area contributed by atoms with Crippen LogP contribution in [0.2, 0.25) is 0 Å². The van der Waals surface area contributed by atoms with Crippen molar-refractivity contribution in [2.45, 2.75) is 6.92 Å². The third-order valence-electron chi connectivity index (χ3n) is 2.12. The molecule has 0 spiro atoms. The minimum absolute atomic E-state index is 0.0333. The number of aryl methyl sites for hydroxylation is 1. The predicted molar refractivity (Wildman–Crippen MR) is 64.7 cm³/mol. The smallest absolute Gasteiger partial charge is 0.151 e. The van der Waals surface area contributed by atoms with Gasteiger partial charge in [0.2, 0.25) is 0 Å². The van der Waals surface area contributed by atoms with Crippen molar-refractivity contribution in [1.29, 1.82) is 0 Å². The van der Waals surface area contributed by atoms with Gasteiger partial charge in [-0.25, -0.2) is 14.1 Å². The van der Waals surface area contributed by atoms with E-state index >= 15 is 0 Å². The number of hydrogen-bond donors (Lipinski definition) is 1. The Bertz CT molecular complexity index is 574. The summed E-state index contributed by atoms with van der Waals surface area (Å²) in [7, 11) is 0. The summed E-state index contributed by atoms with van der Waals surface area (Å²) in [6, 6.07) is 4.41. The average Bonchev–Trinajstić information content (AvgIpc) is 2.64. The first-order chi connectivity index (χ1) is 8.08. The van der Waals surface area contributed by atoms with Crippen LogP contribution in [0.15, 0.2) is 29.5 Å². The normalized spacial score (nSPS) is 11.8. The van der Waals surface area contributed by atoms with E-state index < -0.39 is 5.82 Å². The molecule has 0 saturated heterocycles. The fourth-order valence-electron chi connectivity index (χ4n) is 1.40. The summed E-state index contributed by atoms with van der Waals surface area (Å²) in [6.45, 7) is 1.74. The summed E-state index contributed by atoms with van der Waals surface area (Å²) < 4.78 is 15.2. The highest BCUT2D eigenvalue weighted by atomic mass is 32.1. The van der Waals surface area contributed by atoms with Crippen LogP contribution in [0.5, 0.6) is 0 Å². The molecule has 2 N–H and O–H groups in total. The SMILES string of the molecule is Cc1ncnn1-c1ccc(N=C(N)[S-])cc1F. The molecule has 17 heavy (non-hydrogen) atoms. The van der Waals surface area contributed by atoms with E-state index in [1.54, 1.807) is 19.1 Å². The molecule has 0 aliphatic carbocycles. The molecule has 0 aliphatic rings. The molecule has 0 saturated carbocycles. The summed E-state index contributed by atoms with van der Waals surface area (Å²) in [5.74, 6) is 0.138. The number of aromatic nitrogens is 3. The van der Waals surface area contributed by atoms with E-state index in [-0.39, 0.29) is 5.17 Å². The van der Waals surface area contributed by atoms with E-state index in [9.17, 15) is 4.39 Å². The largest absolute Gasteiger partial charge is 0.743 e. The molecule has 0 fully saturated rings. The van der Waals surface area contributed by atoms with E-state index in [1.165, 1.54) is 17.1 Å². The van der Waals surface area contributed by atoms with Crippen molar-refractivity contribution in [2.75, 3.05) is 0 Å². The Hall–Kier alpha value is -2.02. The molecule has 5 nitrogen and oxygen atoms in total. The van der Waals surface area contributed by atoms with Crippen LogP contribution in [-0.2, 0) is 12.6 Å². The number of nitrogens with zero attached hydrogens (tertiary/aromatic N) is 4. The molecular formula is C10H9FN5S-. The van der Waals surface area contributed by atoms with Gasteiger partial charge in [-0.05, 0) is 24.2 Å². The summed E-state index contributed by atoms with van der Waals surface area (Å²) in [4.78, 5) is 7.72. The Balaban J connectivity index is 2.46. The predicted octanol–water partition coefficient (Wildman–Crippen LogP) is 1.21. The molecule has 1 heterocycles. The number of benzene rings is 1. The minimum Gasteiger partial charge on any atom is -0.743 e. The van der Waals surface area contributed by atoms with Crippen LogP contribution in [0.1, 0.15) is 5.82 Å². The highest BCUT2D eigenvalue weighted by molar-refractivity contribution is 7.77. The first-order valence-corrected chi connectivity index (χ1v) is 5.16. The number of nitrogens with two attached hydrogens (primary N) is 1. The number of aliphatic imine (C=N–C) groups is 1. The molecule has 0 bridgehead atoms. The second-order valence-electron chi connectivity index (χ2n) is 3.30. The van der Waals surface area contributed by atoms with Crippen molar-refractivity contribution >= 4 is 23.5 Å². The quantitative estimate of drug-likeness (QED) is 0.494. The average molecular weight is 250 g/mol. The topological polar surface area (TPSA) is 69.1 Å². The van der Waals surface area contributed by atoms with Gasteiger partial charge in [0.15, 0.2) is 5.82 Å². The molecule has 0 aliphatic heterocycles. The van der Waals surface area contributed by atoms with Gasteiger partial charge in [-0.3, -0.25) is 4.99 Å². The lowest BCUT2D eigenvalue weighted by molar-refractivity contribution is 0.608. The van der Waals surface area contributed by atoms with Crippen molar-refractivity contribution in [1.82, 2.24) is 14.8 Å². The van der Waals surface area contributed by atoms with Crippen molar-refractivity contribution in [3.8, 4) is 5.69 Å². The minimum atomic E-state index is -0.462. The van der Waals surface area contributed by atoms with Crippen LogP contribution >= 0.6 is 0 Å². The summed E-state index contributed by atoms with van der Waals surface area (Å²) >= 11 is 4.62. The van der Waals surface area contributed by atoms with E-state index in [1.807, 2.05) is 0 Å². The van der Waals surface area contributed by atoms with Gasteiger partial charge in [-0.2, -0.15) is 5.10 Å². The van der Waals surface area contributed by atoms with Crippen LogP contribution in [-0.4, -0.2) is 19.9 Å². The lowest BCUT2D eigenvalue weighted by Crippen LogP contribution is -2.05. The van der Waals surface area contributed by atoms with Gasteiger partial charge in [0, 0.05) is 6.07 Å². The molecule has 7 heteroatoms. The second kappa shape index (κ2) is 4.46. The maximum absolute atomic E-state index is 13.8. The molecule has 1 aromatic carbocycles. The van der Waals surface area contributed by atoms with Gasteiger partial charge < -0.3 is 18.4 Å². The molecule has 0 unspecified atom stereocenters. The zero-order valence-electron chi connectivity index (χ0n) is 8.96. The van der Waals surface area contributed by atoms with Gasteiger partial charge in [-0.1, -0.05) is 0 Å². The summed E-state index contributed by atoms with van der Waals surface area (Å²) in [5, 5.41) is 3.89. The zero-order chi connectivity index (χ0) is 12.4. The van der Waals surface area contributed by atoms with E-state index in [2.05, 4.69) is 27.7 Å². The third kappa shape index (κ3) is 2.39. The Morgan fingerprint density at radius 1 is 1.53 bits per heavy atom. The molecule has 0 atom stereocenters. The van der Waals surface area contributed by atoms with E-state index in [0.717, 1.165) is 0 Å². The summed E-state index contributed by atoms with van der Waals surface area (Å²) in [5.41, 5.74) is 5.93. The van der Waals surface area contributed by atoms with Crippen molar-refractivity contribution in [3.63, 3.8) is 0 Å². The maximum Gasteiger partial charge on any atom is 0.151 e.